The molecule has 0 saturated carbocycles. The molecule has 0 heterocycles. The number of aryl methyl sites for hydroxylation is 1. The van der Waals surface area contributed by atoms with Gasteiger partial charge in [0.15, 0.2) is 5.96 Å². The molecule has 1 rings (SSSR count). The molecule has 0 aliphatic heterocycles. The molecular weight excluding hydrogens is 266 g/mol. The Balaban J connectivity index is 2.24. The average molecular weight is 291 g/mol. The van der Waals surface area contributed by atoms with Gasteiger partial charge >= 0.3 is 0 Å². The first-order chi connectivity index (χ1) is 9.76. The standard InChI is InChI=1S/C16H25N3S/c1-4-10-18-16(17-5-2)19-11-12-20-13-15-8-6-14(3)7-9-15/h4,6-9H,1,5,10-13H2,2-3H3,(H2,17,18,19). The zero-order valence-corrected chi connectivity index (χ0v) is 13.3. The maximum atomic E-state index is 4.52. The minimum Gasteiger partial charge on any atom is -0.357 e. The van der Waals surface area contributed by atoms with Gasteiger partial charge in [-0.1, -0.05) is 35.9 Å². The molecule has 0 amide bonds. The number of nitrogens with zero attached hydrogens (tertiary/aromatic N) is 1. The van der Waals surface area contributed by atoms with Gasteiger partial charge in [-0.15, -0.1) is 6.58 Å². The van der Waals surface area contributed by atoms with Gasteiger partial charge in [0.05, 0.1) is 6.54 Å². The molecule has 0 aliphatic carbocycles. The molecule has 0 spiro atoms. The minimum atomic E-state index is 0.738. The lowest BCUT2D eigenvalue weighted by molar-refractivity contribution is 0.868. The second kappa shape index (κ2) is 10.4. The highest BCUT2D eigenvalue weighted by atomic mass is 32.2. The second-order valence-electron chi connectivity index (χ2n) is 4.47. The zero-order valence-electron chi connectivity index (χ0n) is 12.5. The van der Waals surface area contributed by atoms with Gasteiger partial charge in [-0.3, -0.25) is 4.99 Å². The van der Waals surface area contributed by atoms with Gasteiger partial charge in [-0.25, -0.2) is 0 Å². The van der Waals surface area contributed by atoms with Crippen molar-refractivity contribution >= 4 is 17.7 Å². The summed E-state index contributed by atoms with van der Waals surface area (Å²) in [6.45, 7) is 10.3. The highest BCUT2D eigenvalue weighted by Gasteiger charge is 1.96. The van der Waals surface area contributed by atoms with E-state index in [1.165, 1.54) is 11.1 Å². The number of rotatable bonds is 8. The lowest BCUT2D eigenvalue weighted by atomic mass is 10.2. The van der Waals surface area contributed by atoms with Crippen molar-refractivity contribution in [2.75, 3.05) is 25.4 Å². The van der Waals surface area contributed by atoms with Crippen molar-refractivity contribution in [2.45, 2.75) is 19.6 Å². The van der Waals surface area contributed by atoms with Crippen LogP contribution < -0.4 is 10.6 Å². The van der Waals surface area contributed by atoms with E-state index in [1.807, 2.05) is 17.8 Å². The lowest BCUT2D eigenvalue weighted by Crippen LogP contribution is -2.37. The van der Waals surface area contributed by atoms with Crippen molar-refractivity contribution in [3.63, 3.8) is 0 Å². The molecule has 2 N–H and O–H groups in total. The van der Waals surface area contributed by atoms with Crippen LogP contribution in [0, 0.1) is 6.92 Å². The monoisotopic (exact) mass is 291 g/mol. The van der Waals surface area contributed by atoms with E-state index in [0.29, 0.717) is 0 Å². The molecule has 0 aliphatic rings. The third-order valence-corrected chi connectivity index (χ3v) is 3.66. The third kappa shape index (κ3) is 7.24. The summed E-state index contributed by atoms with van der Waals surface area (Å²) in [6, 6.07) is 8.72. The Kier molecular flexibility index (Phi) is 8.63. The topological polar surface area (TPSA) is 36.4 Å². The lowest BCUT2D eigenvalue weighted by Gasteiger charge is -2.09. The molecular formula is C16H25N3S. The van der Waals surface area contributed by atoms with Crippen LogP contribution in [0.5, 0.6) is 0 Å². The van der Waals surface area contributed by atoms with Crippen LogP contribution in [0.15, 0.2) is 41.9 Å². The molecule has 0 saturated heterocycles. The normalized spacial score (nSPS) is 11.2. The molecule has 0 fully saturated rings. The van der Waals surface area contributed by atoms with Gasteiger partial charge in [0.1, 0.15) is 0 Å². The Morgan fingerprint density at radius 3 is 2.70 bits per heavy atom. The van der Waals surface area contributed by atoms with E-state index in [4.69, 9.17) is 0 Å². The molecule has 1 aromatic carbocycles. The fourth-order valence-electron chi connectivity index (χ4n) is 1.61. The molecule has 0 atom stereocenters. The Morgan fingerprint density at radius 1 is 1.30 bits per heavy atom. The maximum absolute atomic E-state index is 4.52. The summed E-state index contributed by atoms with van der Waals surface area (Å²) in [6.07, 6.45) is 1.83. The number of hydrogen-bond donors (Lipinski definition) is 2. The van der Waals surface area contributed by atoms with E-state index in [2.05, 4.69) is 60.3 Å². The van der Waals surface area contributed by atoms with Crippen molar-refractivity contribution in [2.24, 2.45) is 4.99 Å². The van der Waals surface area contributed by atoms with E-state index in [1.54, 1.807) is 0 Å². The van der Waals surface area contributed by atoms with Crippen molar-refractivity contribution in [3.05, 3.63) is 48.0 Å². The SMILES string of the molecule is C=CCNC(=NCCSCc1ccc(C)cc1)NCC. The highest BCUT2D eigenvalue weighted by molar-refractivity contribution is 7.98. The van der Waals surface area contributed by atoms with Crippen molar-refractivity contribution in [1.82, 2.24) is 10.6 Å². The summed E-state index contributed by atoms with van der Waals surface area (Å²) in [5.74, 6) is 2.94. The molecule has 110 valence electrons. The van der Waals surface area contributed by atoms with Crippen molar-refractivity contribution in [3.8, 4) is 0 Å². The number of nitrogens with one attached hydrogen (secondary N) is 2. The average Bonchev–Trinajstić information content (AvgIpc) is 2.46. The largest absolute Gasteiger partial charge is 0.357 e. The van der Waals surface area contributed by atoms with Crippen LogP contribution >= 0.6 is 11.8 Å². The summed E-state index contributed by atoms with van der Waals surface area (Å²) in [4.78, 5) is 4.52. The highest BCUT2D eigenvalue weighted by Crippen LogP contribution is 2.12. The Labute approximate surface area is 127 Å². The van der Waals surface area contributed by atoms with E-state index in [0.717, 1.165) is 37.1 Å². The van der Waals surface area contributed by atoms with E-state index >= 15 is 0 Å². The molecule has 3 nitrogen and oxygen atoms in total. The Hall–Kier alpha value is -1.42. The predicted molar refractivity (Wildman–Crippen MR) is 91.5 cm³/mol. The number of guanidine groups is 1. The molecule has 0 aromatic heterocycles. The molecule has 4 heteroatoms. The van der Waals surface area contributed by atoms with Crippen molar-refractivity contribution < 1.29 is 0 Å². The molecule has 1 aromatic rings. The van der Waals surface area contributed by atoms with Gasteiger partial charge in [-0.05, 0) is 19.4 Å². The third-order valence-electron chi connectivity index (χ3n) is 2.65. The molecule has 0 unspecified atom stereocenters. The van der Waals surface area contributed by atoms with Crippen LogP contribution in [-0.4, -0.2) is 31.3 Å². The first-order valence-corrected chi connectivity index (χ1v) is 8.18. The maximum Gasteiger partial charge on any atom is 0.191 e. The molecule has 20 heavy (non-hydrogen) atoms. The summed E-state index contributed by atoms with van der Waals surface area (Å²) >= 11 is 1.91. The van der Waals surface area contributed by atoms with Crippen LogP contribution in [0.25, 0.3) is 0 Å². The summed E-state index contributed by atoms with van der Waals surface area (Å²) in [5, 5.41) is 6.41. The van der Waals surface area contributed by atoms with Crippen LogP contribution in [0.3, 0.4) is 0 Å². The summed E-state index contributed by atoms with van der Waals surface area (Å²) < 4.78 is 0. The quantitative estimate of drug-likeness (QED) is 0.335. The summed E-state index contributed by atoms with van der Waals surface area (Å²) in [5.41, 5.74) is 2.69. The van der Waals surface area contributed by atoms with E-state index in [9.17, 15) is 0 Å². The Bertz CT molecular complexity index is 412. The summed E-state index contributed by atoms with van der Waals surface area (Å²) in [7, 11) is 0. The molecule has 0 radical (unpaired) electrons. The van der Waals surface area contributed by atoms with Crippen LogP contribution in [0.2, 0.25) is 0 Å². The van der Waals surface area contributed by atoms with E-state index < -0.39 is 0 Å². The number of hydrogen-bond acceptors (Lipinski definition) is 2. The van der Waals surface area contributed by atoms with Gasteiger partial charge in [0.25, 0.3) is 0 Å². The molecule has 0 bridgehead atoms. The first-order valence-electron chi connectivity index (χ1n) is 7.02. The van der Waals surface area contributed by atoms with Gasteiger partial charge in [0, 0.05) is 24.6 Å². The predicted octanol–water partition coefficient (Wildman–Crippen LogP) is 2.97. The van der Waals surface area contributed by atoms with E-state index in [-0.39, 0.29) is 0 Å². The van der Waals surface area contributed by atoms with Crippen LogP contribution in [0.4, 0.5) is 0 Å². The number of thioether (sulfide) groups is 1. The van der Waals surface area contributed by atoms with Gasteiger partial charge in [0.2, 0.25) is 0 Å². The van der Waals surface area contributed by atoms with Crippen molar-refractivity contribution in [1.29, 1.82) is 0 Å². The second-order valence-corrected chi connectivity index (χ2v) is 5.57. The minimum absolute atomic E-state index is 0.738. The fraction of sp³-hybridized carbons (Fsp3) is 0.438. The number of benzene rings is 1. The van der Waals surface area contributed by atoms with Gasteiger partial charge in [-0.2, -0.15) is 11.8 Å². The van der Waals surface area contributed by atoms with Crippen LogP contribution in [-0.2, 0) is 5.75 Å². The van der Waals surface area contributed by atoms with Gasteiger partial charge < -0.3 is 10.6 Å². The first kappa shape index (κ1) is 16.6. The number of aliphatic imine (C=N–C) groups is 1. The fourth-order valence-corrected chi connectivity index (χ4v) is 2.40. The zero-order chi connectivity index (χ0) is 14.6. The van der Waals surface area contributed by atoms with Crippen LogP contribution in [0.1, 0.15) is 18.1 Å². The Morgan fingerprint density at radius 2 is 2.05 bits per heavy atom. The smallest absolute Gasteiger partial charge is 0.191 e.